The quantitative estimate of drug-likeness (QED) is 0.422. The van der Waals surface area contributed by atoms with E-state index in [0.717, 1.165) is 5.69 Å². The highest BCUT2D eigenvalue weighted by molar-refractivity contribution is 6.06. The lowest BCUT2D eigenvalue weighted by molar-refractivity contribution is -0.115. The van der Waals surface area contributed by atoms with E-state index >= 15 is 0 Å². The third-order valence-corrected chi connectivity index (χ3v) is 3.64. The summed E-state index contributed by atoms with van der Waals surface area (Å²) in [5, 5.41) is 6.75. The molecule has 0 spiro atoms. The van der Waals surface area contributed by atoms with Gasteiger partial charge < -0.3 is 16.0 Å². The van der Waals surface area contributed by atoms with Gasteiger partial charge in [0.05, 0.1) is 12.0 Å². The van der Waals surface area contributed by atoms with E-state index in [-0.39, 0.29) is 12.3 Å². The zero-order chi connectivity index (χ0) is 19.1. The van der Waals surface area contributed by atoms with Crippen molar-refractivity contribution in [2.75, 3.05) is 30.0 Å². The van der Waals surface area contributed by atoms with Gasteiger partial charge in [-0.2, -0.15) is 5.10 Å². The second kappa shape index (κ2) is 8.66. The zero-order valence-electron chi connectivity index (χ0n) is 15.1. The maximum atomic E-state index is 12.1. The van der Waals surface area contributed by atoms with E-state index in [1.807, 2.05) is 43.3 Å². The number of carbonyl (C=O) groups excluding carboxylic acids is 2. The fraction of sp³-hybridized carbons (Fsp3) is 0.211. The first-order valence-corrected chi connectivity index (χ1v) is 8.12. The molecule has 0 fully saturated rings. The highest BCUT2D eigenvalue weighted by Gasteiger charge is 2.09. The molecule has 0 bridgehead atoms. The molecule has 2 aromatic rings. The fourth-order valence-electron chi connectivity index (χ4n) is 2.23. The van der Waals surface area contributed by atoms with Gasteiger partial charge in [-0.1, -0.05) is 12.1 Å². The summed E-state index contributed by atoms with van der Waals surface area (Å²) in [4.78, 5) is 26.1. The van der Waals surface area contributed by atoms with Crippen LogP contribution in [0.3, 0.4) is 0 Å². The van der Waals surface area contributed by atoms with Crippen LogP contribution >= 0.6 is 0 Å². The summed E-state index contributed by atoms with van der Waals surface area (Å²) in [7, 11) is 3.90. The highest BCUT2D eigenvalue weighted by Crippen LogP contribution is 2.15. The first-order chi connectivity index (χ1) is 12.4. The van der Waals surface area contributed by atoms with E-state index in [2.05, 4.69) is 15.8 Å². The van der Waals surface area contributed by atoms with Gasteiger partial charge in [0.25, 0.3) is 5.91 Å². The molecule has 0 aliphatic rings. The fourth-order valence-corrected chi connectivity index (χ4v) is 2.23. The summed E-state index contributed by atoms with van der Waals surface area (Å²) in [5.41, 5.74) is 11.1. The van der Waals surface area contributed by atoms with Gasteiger partial charge in [0, 0.05) is 36.9 Å². The summed E-state index contributed by atoms with van der Waals surface area (Å²) in [6.07, 6.45) is 0.0694. The van der Waals surface area contributed by atoms with Gasteiger partial charge in [0.1, 0.15) is 0 Å². The minimum atomic E-state index is -0.415. The second-order valence-electron chi connectivity index (χ2n) is 6.04. The molecule has 7 heteroatoms. The summed E-state index contributed by atoms with van der Waals surface area (Å²) in [6.45, 7) is 1.67. The predicted octanol–water partition coefficient (Wildman–Crippen LogP) is 2.47. The van der Waals surface area contributed by atoms with Crippen LogP contribution in [0, 0.1) is 0 Å². The molecule has 0 aliphatic heterocycles. The molecule has 0 unspecified atom stereocenters. The standard InChI is InChI=1S/C19H23N5O2/c1-13(22-23-19(26)16-6-4-5-7-17(16)20)12-18(25)21-14-8-10-15(11-9-14)24(2)3/h4-11H,12,20H2,1-3H3,(H,21,25)(H,23,26)/b22-13-. The maximum Gasteiger partial charge on any atom is 0.273 e. The predicted molar refractivity (Wildman–Crippen MR) is 105 cm³/mol. The Labute approximate surface area is 152 Å². The lowest BCUT2D eigenvalue weighted by Gasteiger charge is -2.13. The smallest absolute Gasteiger partial charge is 0.273 e. The van der Waals surface area contributed by atoms with Crippen LogP contribution in [-0.2, 0) is 4.79 Å². The second-order valence-corrected chi connectivity index (χ2v) is 6.04. The molecule has 2 amide bonds. The van der Waals surface area contributed by atoms with Gasteiger partial charge in [0.15, 0.2) is 0 Å². The lowest BCUT2D eigenvalue weighted by Crippen LogP contribution is -2.22. The van der Waals surface area contributed by atoms with Gasteiger partial charge in [-0.15, -0.1) is 0 Å². The van der Waals surface area contributed by atoms with Crippen molar-refractivity contribution in [3.8, 4) is 0 Å². The van der Waals surface area contributed by atoms with Gasteiger partial charge in [-0.05, 0) is 43.3 Å². The Bertz CT molecular complexity index is 813. The van der Waals surface area contributed by atoms with Crippen LogP contribution in [0.25, 0.3) is 0 Å². The summed E-state index contributed by atoms with van der Waals surface area (Å²) in [6, 6.07) is 14.2. The van der Waals surface area contributed by atoms with Crippen molar-refractivity contribution in [2.45, 2.75) is 13.3 Å². The normalized spacial score (nSPS) is 11.0. The van der Waals surface area contributed by atoms with Crippen LogP contribution in [0.2, 0.25) is 0 Å². The number of amides is 2. The number of hydrogen-bond acceptors (Lipinski definition) is 5. The molecule has 26 heavy (non-hydrogen) atoms. The third kappa shape index (κ3) is 5.34. The third-order valence-electron chi connectivity index (χ3n) is 3.64. The van der Waals surface area contributed by atoms with Gasteiger partial charge in [-0.25, -0.2) is 5.43 Å². The summed E-state index contributed by atoms with van der Waals surface area (Å²) >= 11 is 0. The van der Waals surface area contributed by atoms with E-state index in [1.54, 1.807) is 31.2 Å². The molecule has 136 valence electrons. The largest absolute Gasteiger partial charge is 0.398 e. The number of nitrogens with zero attached hydrogens (tertiary/aromatic N) is 2. The molecule has 0 aromatic heterocycles. The van der Waals surface area contributed by atoms with Crippen LogP contribution < -0.4 is 21.4 Å². The van der Waals surface area contributed by atoms with Crippen molar-refractivity contribution in [3.63, 3.8) is 0 Å². The molecule has 0 saturated carbocycles. The van der Waals surface area contributed by atoms with Crippen LogP contribution in [0.15, 0.2) is 53.6 Å². The Balaban J connectivity index is 1.89. The van der Waals surface area contributed by atoms with Crippen molar-refractivity contribution in [3.05, 3.63) is 54.1 Å². The number of hydrazone groups is 1. The first kappa shape index (κ1) is 19.0. The van der Waals surface area contributed by atoms with Crippen LogP contribution in [0.5, 0.6) is 0 Å². The minimum Gasteiger partial charge on any atom is -0.398 e. The molecule has 2 rings (SSSR count). The molecule has 0 radical (unpaired) electrons. The average molecular weight is 353 g/mol. The van der Waals surface area contributed by atoms with E-state index in [0.29, 0.717) is 22.6 Å². The number of hydrogen-bond donors (Lipinski definition) is 3. The molecule has 0 atom stereocenters. The van der Waals surface area contributed by atoms with E-state index in [1.165, 1.54) is 0 Å². The molecule has 0 heterocycles. The number of para-hydroxylation sites is 1. The van der Waals surface area contributed by atoms with E-state index in [9.17, 15) is 9.59 Å². The van der Waals surface area contributed by atoms with Gasteiger partial charge in [0.2, 0.25) is 5.91 Å². The van der Waals surface area contributed by atoms with Gasteiger partial charge in [-0.3, -0.25) is 9.59 Å². The van der Waals surface area contributed by atoms with Crippen molar-refractivity contribution < 1.29 is 9.59 Å². The molecule has 0 aliphatic carbocycles. The van der Waals surface area contributed by atoms with Crippen LogP contribution in [0.1, 0.15) is 23.7 Å². The van der Waals surface area contributed by atoms with Crippen molar-refractivity contribution in [2.24, 2.45) is 5.10 Å². The Morgan fingerprint density at radius 1 is 1.08 bits per heavy atom. The molecule has 4 N–H and O–H groups in total. The SMILES string of the molecule is C/C(CC(=O)Nc1ccc(N(C)C)cc1)=N/NC(=O)c1ccccc1N. The Morgan fingerprint density at radius 3 is 2.35 bits per heavy atom. The molecule has 0 saturated heterocycles. The topological polar surface area (TPSA) is 99.8 Å². The van der Waals surface area contributed by atoms with Crippen LogP contribution in [-0.4, -0.2) is 31.6 Å². The Hall–Kier alpha value is -3.35. The highest BCUT2D eigenvalue weighted by atomic mass is 16.2. The van der Waals surface area contributed by atoms with Crippen molar-refractivity contribution in [1.29, 1.82) is 0 Å². The number of nitrogens with one attached hydrogen (secondary N) is 2. The number of anilines is 3. The molecular weight excluding hydrogens is 330 g/mol. The van der Waals surface area contributed by atoms with Crippen LogP contribution in [0.4, 0.5) is 17.1 Å². The minimum absolute atomic E-state index is 0.0694. The molecular formula is C19H23N5O2. The molecule has 2 aromatic carbocycles. The summed E-state index contributed by atoms with van der Waals surface area (Å²) < 4.78 is 0. The number of rotatable bonds is 6. The maximum absolute atomic E-state index is 12.1. The number of nitrogen functional groups attached to an aromatic ring is 1. The average Bonchev–Trinajstić information content (AvgIpc) is 2.60. The van der Waals surface area contributed by atoms with E-state index < -0.39 is 5.91 Å². The number of nitrogens with two attached hydrogens (primary N) is 1. The van der Waals surface area contributed by atoms with E-state index in [4.69, 9.17) is 5.73 Å². The number of carbonyl (C=O) groups is 2. The first-order valence-electron chi connectivity index (χ1n) is 8.12. The molecule has 7 nitrogen and oxygen atoms in total. The van der Waals surface area contributed by atoms with Gasteiger partial charge >= 0.3 is 0 Å². The van der Waals surface area contributed by atoms with Crippen molar-refractivity contribution >= 4 is 34.6 Å². The summed E-state index contributed by atoms with van der Waals surface area (Å²) in [5.74, 6) is -0.626. The lowest BCUT2D eigenvalue weighted by atomic mass is 10.2. The van der Waals surface area contributed by atoms with Crippen molar-refractivity contribution in [1.82, 2.24) is 5.43 Å². The Morgan fingerprint density at radius 2 is 1.73 bits per heavy atom. The monoisotopic (exact) mass is 353 g/mol. The number of benzene rings is 2. The zero-order valence-corrected chi connectivity index (χ0v) is 15.1. The Kier molecular flexibility index (Phi) is 6.32.